The molecule has 0 saturated carbocycles. The Kier molecular flexibility index (Phi) is 4.34. The van der Waals surface area contributed by atoms with E-state index in [1.807, 2.05) is 18.2 Å². The maximum atomic E-state index is 10.5. The summed E-state index contributed by atoms with van der Waals surface area (Å²) in [6, 6.07) is 5.63. The molecule has 2 rings (SSSR count). The van der Waals surface area contributed by atoms with Gasteiger partial charge in [-0.3, -0.25) is 10.1 Å². The molecule has 1 aliphatic rings. The molecular formula is C15H17NO3. The summed E-state index contributed by atoms with van der Waals surface area (Å²) in [7, 11) is 1.63. The van der Waals surface area contributed by atoms with Gasteiger partial charge in [0.05, 0.1) is 12.0 Å². The molecule has 19 heavy (non-hydrogen) atoms. The average molecular weight is 259 g/mol. The van der Waals surface area contributed by atoms with Gasteiger partial charge in [-0.15, -0.1) is 0 Å². The summed E-state index contributed by atoms with van der Waals surface area (Å²) in [5, 5.41) is 10.5. The van der Waals surface area contributed by atoms with Gasteiger partial charge in [0.2, 0.25) is 6.20 Å². The second kappa shape index (κ2) is 6.18. The van der Waals surface area contributed by atoms with Crippen LogP contribution >= 0.6 is 0 Å². The van der Waals surface area contributed by atoms with Crippen molar-refractivity contribution in [2.45, 2.75) is 25.7 Å². The monoisotopic (exact) mass is 259 g/mol. The van der Waals surface area contributed by atoms with Crippen molar-refractivity contribution in [3.05, 3.63) is 57.3 Å². The predicted octanol–water partition coefficient (Wildman–Crippen LogP) is 3.60. The Morgan fingerprint density at radius 1 is 1.47 bits per heavy atom. The normalized spacial score (nSPS) is 14.7. The van der Waals surface area contributed by atoms with Gasteiger partial charge in [0.15, 0.2) is 0 Å². The Balaban J connectivity index is 2.33. The molecule has 4 heteroatoms. The third-order valence-electron chi connectivity index (χ3n) is 3.30. The van der Waals surface area contributed by atoms with Crippen molar-refractivity contribution in [1.82, 2.24) is 0 Å². The minimum Gasteiger partial charge on any atom is -0.496 e. The van der Waals surface area contributed by atoms with Crippen LogP contribution < -0.4 is 4.74 Å². The van der Waals surface area contributed by atoms with E-state index in [4.69, 9.17) is 4.74 Å². The van der Waals surface area contributed by atoms with Crippen molar-refractivity contribution in [1.29, 1.82) is 0 Å². The highest BCUT2D eigenvalue weighted by Gasteiger charge is 2.12. The first kappa shape index (κ1) is 13.3. The number of hydrogen-bond acceptors (Lipinski definition) is 3. The second-order valence-electron chi connectivity index (χ2n) is 4.56. The molecule has 100 valence electrons. The van der Waals surface area contributed by atoms with Crippen LogP contribution in [-0.2, 0) is 6.42 Å². The molecule has 1 aliphatic carbocycles. The number of rotatable bonds is 5. The molecule has 1 aromatic carbocycles. The predicted molar refractivity (Wildman–Crippen MR) is 74.7 cm³/mol. The second-order valence-corrected chi connectivity index (χ2v) is 4.56. The topological polar surface area (TPSA) is 52.4 Å². The number of hydrogen-bond donors (Lipinski definition) is 0. The Morgan fingerprint density at radius 3 is 2.95 bits per heavy atom. The van der Waals surface area contributed by atoms with Gasteiger partial charge in [-0.1, -0.05) is 23.8 Å². The summed E-state index contributed by atoms with van der Waals surface area (Å²) in [4.78, 5) is 10.0. The smallest absolute Gasteiger partial charge is 0.235 e. The fraction of sp³-hybridized carbons (Fsp3) is 0.333. The van der Waals surface area contributed by atoms with Crippen molar-refractivity contribution in [3.63, 3.8) is 0 Å². The lowest BCUT2D eigenvalue weighted by Gasteiger charge is -2.12. The summed E-state index contributed by atoms with van der Waals surface area (Å²) in [5.74, 6) is 0.790. The number of benzene rings is 1. The van der Waals surface area contributed by atoms with Crippen molar-refractivity contribution in [2.75, 3.05) is 7.11 Å². The van der Waals surface area contributed by atoms with Crippen LogP contribution in [0.5, 0.6) is 5.75 Å². The molecule has 0 heterocycles. The summed E-state index contributed by atoms with van der Waals surface area (Å²) in [5.41, 5.74) is 3.26. The number of nitrogens with zero attached hydrogens (tertiary/aromatic N) is 1. The highest BCUT2D eigenvalue weighted by Crippen LogP contribution is 2.29. The zero-order valence-electron chi connectivity index (χ0n) is 11.0. The van der Waals surface area contributed by atoms with Crippen molar-refractivity contribution in [2.24, 2.45) is 0 Å². The third kappa shape index (κ3) is 3.44. The summed E-state index contributed by atoms with van der Waals surface area (Å²) in [6.07, 6.45) is 9.01. The Bertz CT molecular complexity index is 532. The maximum absolute atomic E-state index is 10.5. The zero-order valence-corrected chi connectivity index (χ0v) is 11.0. The molecule has 0 radical (unpaired) electrons. The van der Waals surface area contributed by atoms with Crippen LogP contribution in [0, 0.1) is 10.1 Å². The summed E-state index contributed by atoms with van der Waals surface area (Å²) in [6.45, 7) is 0. The van der Waals surface area contributed by atoms with E-state index < -0.39 is 4.92 Å². The van der Waals surface area contributed by atoms with Crippen molar-refractivity contribution < 1.29 is 9.66 Å². The highest BCUT2D eigenvalue weighted by atomic mass is 16.6. The molecule has 0 bridgehead atoms. The number of methoxy groups -OCH3 is 1. The van der Waals surface area contributed by atoms with Crippen LogP contribution in [0.3, 0.4) is 0 Å². The lowest BCUT2D eigenvalue weighted by atomic mass is 9.98. The van der Waals surface area contributed by atoms with Crippen LogP contribution in [0.2, 0.25) is 0 Å². The van der Waals surface area contributed by atoms with Crippen LogP contribution in [0.1, 0.15) is 30.4 Å². The van der Waals surface area contributed by atoms with Gasteiger partial charge in [0, 0.05) is 11.6 Å². The van der Waals surface area contributed by atoms with Gasteiger partial charge in [0.25, 0.3) is 0 Å². The van der Waals surface area contributed by atoms with Gasteiger partial charge >= 0.3 is 0 Å². The first-order valence-electron chi connectivity index (χ1n) is 6.36. The van der Waals surface area contributed by atoms with Gasteiger partial charge in [-0.2, -0.15) is 0 Å². The van der Waals surface area contributed by atoms with Gasteiger partial charge < -0.3 is 4.74 Å². The minimum absolute atomic E-state index is 0.446. The standard InChI is InChI=1S/C15H17NO3/c1-19-15-8-4-7-13(9-10-16(17)18)14(15)11-12-5-2-3-6-12/h4-5,7-10H,2-3,6,11H2,1H3. The van der Waals surface area contributed by atoms with E-state index in [1.54, 1.807) is 7.11 Å². The Labute approximate surface area is 112 Å². The van der Waals surface area contributed by atoms with Crippen molar-refractivity contribution in [3.8, 4) is 5.75 Å². The molecule has 0 fully saturated rings. The summed E-state index contributed by atoms with van der Waals surface area (Å²) >= 11 is 0. The quantitative estimate of drug-likeness (QED) is 0.461. The van der Waals surface area contributed by atoms with E-state index in [2.05, 4.69) is 6.08 Å². The summed E-state index contributed by atoms with van der Waals surface area (Å²) < 4.78 is 5.37. The van der Waals surface area contributed by atoms with E-state index in [9.17, 15) is 10.1 Å². The van der Waals surface area contributed by atoms with E-state index in [0.717, 1.165) is 42.3 Å². The highest BCUT2D eigenvalue weighted by molar-refractivity contribution is 5.58. The first-order valence-corrected chi connectivity index (χ1v) is 6.36. The molecule has 0 N–H and O–H groups in total. The van der Waals surface area contributed by atoms with Crippen molar-refractivity contribution >= 4 is 6.08 Å². The molecule has 0 saturated heterocycles. The van der Waals surface area contributed by atoms with Gasteiger partial charge in [-0.05, 0) is 37.3 Å². The van der Waals surface area contributed by atoms with Gasteiger partial charge in [0.1, 0.15) is 5.75 Å². The fourth-order valence-corrected chi connectivity index (χ4v) is 2.39. The van der Waals surface area contributed by atoms with Crippen LogP contribution in [0.15, 0.2) is 36.0 Å². The van der Waals surface area contributed by atoms with Crippen LogP contribution in [-0.4, -0.2) is 12.0 Å². The SMILES string of the molecule is COc1cccc(C=C[N+](=O)[O-])c1CC1=CCCC1. The minimum atomic E-state index is -0.446. The average Bonchev–Trinajstić information content (AvgIpc) is 2.90. The third-order valence-corrected chi connectivity index (χ3v) is 3.30. The molecule has 0 amide bonds. The van der Waals surface area contributed by atoms with E-state index in [0.29, 0.717) is 0 Å². The van der Waals surface area contributed by atoms with Crippen LogP contribution in [0.4, 0.5) is 0 Å². The number of ether oxygens (including phenoxy) is 1. The van der Waals surface area contributed by atoms with Gasteiger partial charge in [-0.25, -0.2) is 0 Å². The number of nitro groups is 1. The molecule has 1 aromatic rings. The van der Waals surface area contributed by atoms with E-state index in [1.165, 1.54) is 18.1 Å². The molecule has 4 nitrogen and oxygen atoms in total. The molecule has 0 unspecified atom stereocenters. The Morgan fingerprint density at radius 2 is 2.32 bits per heavy atom. The van der Waals surface area contributed by atoms with E-state index in [-0.39, 0.29) is 0 Å². The fourth-order valence-electron chi connectivity index (χ4n) is 2.39. The van der Waals surface area contributed by atoms with Crippen LogP contribution in [0.25, 0.3) is 6.08 Å². The zero-order chi connectivity index (χ0) is 13.7. The molecule has 0 atom stereocenters. The first-order chi connectivity index (χ1) is 9.20. The molecular weight excluding hydrogens is 242 g/mol. The number of allylic oxidation sites excluding steroid dienone is 2. The maximum Gasteiger partial charge on any atom is 0.235 e. The lowest BCUT2D eigenvalue weighted by Crippen LogP contribution is -1.97. The molecule has 0 aliphatic heterocycles. The Hall–Kier alpha value is -2.10. The lowest BCUT2D eigenvalue weighted by molar-refractivity contribution is -0.400. The largest absolute Gasteiger partial charge is 0.496 e. The molecule has 0 aromatic heterocycles. The van der Waals surface area contributed by atoms with E-state index >= 15 is 0 Å². The molecule has 0 spiro atoms.